The van der Waals surface area contributed by atoms with Gasteiger partial charge in [-0.3, -0.25) is 0 Å². The maximum Gasteiger partial charge on any atom is 0.0921 e. The summed E-state index contributed by atoms with van der Waals surface area (Å²) in [4.78, 5) is 2.55. The number of fused-ring (bicyclic) bond motifs is 6. The number of thiophene rings is 1. The van der Waals surface area contributed by atoms with E-state index in [-0.39, 0.29) is 0 Å². The second-order valence-electron chi connectivity index (χ2n) is 7.34. The van der Waals surface area contributed by atoms with Crippen LogP contribution >= 0.6 is 11.3 Å². The minimum Gasteiger partial charge on any atom is -0.363 e. The van der Waals surface area contributed by atoms with Crippen molar-refractivity contribution >= 4 is 58.7 Å². The van der Waals surface area contributed by atoms with Gasteiger partial charge in [-0.2, -0.15) is 0 Å². The summed E-state index contributed by atoms with van der Waals surface area (Å²) in [5, 5.41) is 10.9. The van der Waals surface area contributed by atoms with E-state index in [2.05, 4.69) is 71.6 Å². The average molecular weight is 353 g/mol. The van der Waals surface area contributed by atoms with E-state index in [9.17, 15) is 0 Å². The van der Waals surface area contributed by atoms with Crippen molar-refractivity contribution in [3.63, 3.8) is 0 Å². The molecular formula is C24H19NS. The van der Waals surface area contributed by atoms with Gasteiger partial charge in [0.05, 0.1) is 5.00 Å². The van der Waals surface area contributed by atoms with Gasteiger partial charge in [0.15, 0.2) is 0 Å². The lowest BCUT2D eigenvalue weighted by molar-refractivity contribution is 0.949. The van der Waals surface area contributed by atoms with Crippen LogP contribution < -0.4 is 4.90 Å². The molecule has 1 aliphatic rings. The van der Waals surface area contributed by atoms with Crippen molar-refractivity contribution in [2.75, 3.05) is 18.0 Å². The van der Waals surface area contributed by atoms with Crippen LogP contribution in [0, 0.1) is 0 Å². The van der Waals surface area contributed by atoms with Crippen LogP contribution in [0.15, 0.2) is 66.7 Å². The Morgan fingerprint density at radius 3 is 2.19 bits per heavy atom. The van der Waals surface area contributed by atoms with Crippen LogP contribution in [-0.2, 0) is 0 Å². The van der Waals surface area contributed by atoms with Gasteiger partial charge < -0.3 is 4.90 Å². The smallest absolute Gasteiger partial charge is 0.0921 e. The lowest BCUT2D eigenvalue weighted by Crippen LogP contribution is -2.15. The first-order chi connectivity index (χ1) is 12.9. The Kier molecular flexibility index (Phi) is 3.06. The molecule has 26 heavy (non-hydrogen) atoms. The lowest BCUT2D eigenvalue weighted by atomic mass is 9.97. The molecule has 0 atom stereocenters. The summed E-state index contributed by atoms with van der Waals surface area (Å²) in [6.45, 7) is 2.42. The van der Waals surface area contributed by atoms with Gasteiger partial charge in [0.1, 0.15) is 0 Å². The molecule has 0 bridgehead atoms. The van der Waals surface area contributed by atoms with Crippen LogP contribution in [0.25, 0.3) is 42.4 Å². The van der Waals surface area contributed by atoms with Gasteiger partial charge in [0.25, 0.3) is 0 Å². The maximum absolute atomic E-state index is 2.55. The first-order valence-electron chi connectivity index (χ1n) is 9.40. The molecule has 0 N–H and O–H groups in total. The van der Waals surface area contributed by atoms with E-state index in [0.717, 1.165) is 0 Å². The van der Waals surface area contributed by atoms with Gasteiger partial charge in [-0.15, -0.1) is 11.3 Å². The summed E-state index contributed by atoms with van der Waals surface area (Å²) >= 11 is 1.94. The van der Waals surface area contributed by atoms with Gasteiger partial charge in [-0.05, 0) is 69.4 Å². The Morgan fingerprint density at radius 1 is 0.615 bits per heavy atom. The fourth-order valence-corrected chi connectivity index (χ4v) is 5.56. The number of anilines is 1. The van der Waals surface area contributed by atoms with Crippen LogP contribution in [0.3, 0.4) is 0 Å². The molecule has 0 radical (unpaired) electrons. The molecule has 5 aromatic rings. The van der Waals surface area contributed by atoms with Gasteiger partial charge in [-0.1, -0.05) is 42.5 Å². The standard InChI is InChI=1S/C24H19NS/c1-2-6-17-14-21-18(13-16(17)5-1)7-8-20-19(21)9-10-23-22(20)15-24(26-23)25-11-3-4-12-25/h1-2,5-10,13-15H,3-4,11-12H2. The Labute approximate surface area is 156 Å². The van der Waals surface area contributed by atoms with E-state index < -0.39 is 0 Å². The number of rotatable bonds is 1. The SMILES string of the molecule is c1ccc2cc3c(ccc4c5cc(N6CCCC6)sc5ccc34)cc2c1. The fraction of sp³-hybridized carbons (Fsp3) is 0.167. The Hall–Kier alpha value is -2.58. The molecule has 0 saturated carbocycles. The van der Waals surface area contributed by atoms with Crippen molar-refractivity contribution in [2.24, 2.45) is 0 Å². The molecular weight excluding hydrogens is 334 g/mol. The Balaban J connectivity index is 1.66. The van der Waals surface area contributed by atoms with Crippen molar-refractivity contribution < 1.29 is 0 Å². The van der Waals surface area contributed by atoms with E-state index in [0.29, 0.717) is 0 Å². The highest BCUT2D eigenvalue weighted by atomic mass is 32.1. The minimum atomic E-state index is 1.21. The van der Waals surface area contributed by atoms with Crippen molar-refractivity contribution in [1.29, 1.82) is 0 Å². The van der Waals surface area contributed by atoms with Gasteiger partial charge in [0.2, 0.25) is 0 Å². The third kappa shape index (κ3) is 2.09. The first kappa shape index (κ1) is 14.6. The quantitative estimate of drug-likeness (QED) is 0.232. The molecule has 1 nitrogen and oxygen atoms in total. The van der Waals surface area contributed by atoms with Gasteiger partial charge >= 0.3 is 0 Å². The molecule has 2 heteroatoms. The normalized spacial score (nSPS) is 15.0. The number of hydrogen-bond acceptors (Lipinski definition) is 2. The second kappa shape index (κ2) is 5.46. The van der Waals surface area contributed by atoms with Crippen LogP contribution in [-0.4, -0.2) is 13.1 Å². The molecule has 126 valence electrons. The highest BCUT2D eigenvalue weighted by molar-refractivity contribution is 7.23. The number of nitrogens with zero attached hydrogens (tertiary/aromatic N) is 1. The van der Waals surface area contributed by atoms with E-state index >= 15 is 0 Å². The van der Waals surface area contributed by atoms with Crippen LogP contribution in [0.4, 0.5) is 5.00 Å². The van der Waals surface area contributed by atoms with Crippen molar-refractivity contribution in [3.05, 3.63) is 66.7 Å². The zero-order valence-corrected chi connectivity index (χ0v) is 15.4. The molecule has 1 fully saturated rings. The molecule has 6 rings (SSSR count). The predicted octanol–water partition coefficient (Wildman–Crippen LogP) is 6.96. The Bertz CT molecular complexity index is 1290. The molecule has 0 unspecified atom stereocenters. The first-order valence-corrected chi connectivity index (χ1v) is 10.2. The van der Waals surface area contributed by atoms with Crippen LogP contribution in [0.1, 0.15) is 12.8 Å². The number of benzene rings is 4. The monoisotopic (exact) mass is 353 g/mol. The second-order valence-corrected chi connectivity index (χ2v) is 8.40. The van der Waals surface area contributed by atoms with E-state index in [1.54, 1.807) is 0 Å². The molecule has 2 heterocycles. The summed E-state index contributed by atoms with van der Waals surface area (Å²) in [7, 11) is 0. The van der Waals surface area contributed by atoms with Crippen LogP contribution in [0.2, 0.25) is 0 Å². The minimum absolute atomic E-state index is 1.21. The molecule has 4 aromatic carbocycles. The van der Waals surface area contributed by atoms with Crippen molar-refractivity contribution in [2.45, 2.75) is 12.8 Å². The molecule has 1 aromatic heterocycles. The highest BCUT2D eigenvalue weighted by Gasteiger charge is 2.16. The van der Waals surface area contributed by atoms with Crippen molar-refractivity contribution in [3.8, 4) is 0 Å². The highest BCUT2D eigenvalue weighted by Crippen LogP contribution is 2.40. The third-order valence-corrected chi connectivity index (χ3v) is 6.95. The van der Waals surface area contributed by atoms with Crippen molar-refractivity contribution in [1.82, 2.24) is 0 Å². The predicted molar refractivity (Wildman–Crippen MR) is 116 cm³/mol. The fourth-order valence-electron chi connectivity index (χ4n) is 4.43. The summed E-state index contributed by atoms with van der Waals surface area (Å²) in [5.74, 6) is 0. The van der Waals surface area contributed by atoms with E-state index in [1.807, 2.05) is 11.3 Å². The van der Waals surface area contributed by atoms with Gasteiger partial charge in [0, 0.05) is 23.2 Å². The summed E-state index contributed by atoms with van der Waals surface area (Å²) in [6, 6.07) is 25.0. The zero-order valence-electron chi connectivity index (χ0n) is 14.5. The molecule has 1 aliphatic heterocycles. The molecule has 1 saturated heterocycles. The topological polar surface area (TPSA) is 3.24 Å². The lowest BCUT2D eigenvalue weighted by Gasteiger charge is -2.13. The third-order valence-electron chi connectivity index (χ3n) is 5.78. The summed E-state index contributed by atoms with van der Waals surface area (Å²) in [6.07, 6.45) is 2.65. The maximum atomic E-state index is 2.55. The van der Waals surface area contributed by atoms with E-state index in [4.69, 9.17) is 0 Å². The molecule has 0 aliphatic carbocycles. The zero-order chi connectivity index (χ0) is 17.1. The van der Waals surface area contributed by atoms with Crippen LogP contribution in [0.5, 0.6) is 0 Å². The Morgan fingerprint density at radius 2 is 1.35 bits per heavy atom. The average Bonchev–Trinajstić information content (AvgIpc) is 3.35. The van der Waals surface area contributed by atoms with E-state index in [1.165, 1.54) is 73.3 Å². The summed E-state index contributed by atoms with van der Waals surface area (Å²) in [5.41, 5.74) is 0. The molecule has 0 amide bonds. The number of hydrogen-bond donors (Lipinski definition) is 0. The van der Waals surface area contributed by atoms with Gasteiger partial charge in [-0.25, -0.2) is 0 Å². The summed E-state index contributed by atoms with van der Waals surface area (Å²) < 4.78 is 1.40. The largest absolute Gasteiger partial charge is 0.363 e. The molecule has 0 spiro atoms.